The molecule has 1 aliphatic carbocycles. The minimum Gasteiger partial charge on any atom is -0.389 e. The van der Waals surface area contributed by atoms with Gasteiger partial charge >= 0.3 is 0 Å². The van der Waals surface area contributed by atoms with Crippen LogP contribution in [0, 0.1) is 0 Å². The van der Waals surface area contributed by atoms with Gasteiger partial charge in [0.25, 0.3) is 0 Å². The number of anilines is 1. The molecule has 0 bridgehead atoms. The topological polar surface area (TPSA) is 90.9 Å². The largest absolute Gasteiger partial charge is 0.389 e. The van der Waals surface area contributed by atoms with E-state index >= 15 is 0 Å². The van der Waals surface area contributed by atoms with Gasteiger partial charge in [0.1, 0.15) is 5.82 Å². The summed E-state index contributed by atoms with van der Waals surface area (Å²) < 4.78 is 0. The zero-order valence-electron chi connectivity index (χ0n) is 14.0. The molecule has 0 saturated heterocycles. The number of rotatable bonds is 5. The molecule has 6 nitrogen and oxygen atoms in total. The highest BCUT2D eigenvalue weighted by atomic mass is 16.3. The molecular weight excluding hydrogens is 304 g/mol. The van der Waals surface area contributed by atoms with E-state index in [1.165, 1.54) is 0 Å². The van der Waals surface area contributed by atoms with E-state index in [1.807, 2.05) is 31.2 Å². The fraction of sp³-hybridized carbons (Fsp3) is 0.500. The van der Waals surface area contributed by atoms with Crippen molar-refractivity contribution >= 4 is 11.6 Å². The number of hydrogen-bond acceptors (Lipinski definition) is 4. The minimum atomic E-state index is -0.864. The average Bonchev–Trinajstić information content (AvgIpc) is 3.04. The SMILES string of the molecule is CCc1nc(-c2ccccc2NC(=O)CC2(O)CCCCC2)n[nH]1. The number of nitrogens with one attached hydrogen (secondary N) is 2. The van der Waals surface area contributed by atoms with Gasteiger partial charge in [-0.1, -0.05) is 38.3 Å². The Morgan fingerprint density at radius 3 is 2.75 bits per heavy atom. The molecule has 0 aliphatic heterocycles. The van der Waals surface area contributed by atoms with Crippen molar-refractivity contribution in [3.8, 4) is 11.4 Å². The van der Waals surface area contributed by atoms with Crippen LogP contribution in [0.1, 0.15) is 51.3 Å². The standard InChI is InChI=1S/C18H24N4O2/c1-2-15-20-17(22-21-15)13-8-4-5-9-14(13)19-16(23)12-18(24)10-6-3-7-11-18/h4-5,8-9,24H,2-3,6-7,10-12H2,1H3,(H,19,23)(H,20,21,22). The number of aromatic amines is 1. The third kappa shape index (κ3) is 3.82. The third-order valence-electron chi connectivity index (χ3n) is 4.58. The molecule has 3 N–H and O–H groups in total. The number of carbonyl (C=O) groups is 1. The number of carbonyl (C=O) groups excluding carboxylic acids is 1. The maximum atomic E-state index is 12.4. The monoisotopic (exact) mass is 328 g/mol. The van der Waals surface area contributed by atoms with Gasteiger partial charge in [-0.05, 0) is 25.0 Å². The highest BCUT2D eigenvalue weighted by Gasteiger charge is 2.31. The van der Waals surface area contributed by atoms with E-state index in [0.717, 1.165) is 37.1 Å². The summed E-state index contributed by atoms with van der Waals surface area (Å²) >= 11 is 0. The number of aliphatic hydroxyl groups is 1. The predicted octanol–water partition coefficient (Wildman–Crippen LogP) is 3.06. The van der Waals surface area contributed by atoms with Crippen molar-refractivity contribution in [1.82, 2.24) is 15.2 Å². The van der Waals surface area contributed by atoms with E-state index < -0.39 is 5.60 Å². The van der Waals surface area contributed by atoms with Crippen LogP contribution in [-0.2, 0) is 11.2 Å². The lowest BCUT2D eigenvalue weighted by atomic mass is 9.82. The first-order chi connectivity index (χ1) is 11.6. The first kappa shape index (κ1) is 16.6. The molecule has 6 heteroatoms. The summed E-state index contributed by atoms with van der Waals surface area (Å²) in [4.78, 5) is 16.8. The molecule has 1 aromatic carbocycles. The molecule has 0 atom stereocenters. The van der Waals surface area contributed by atoms with Crippen LogP contribution in [0.4, 0.5) is 5.69 Å². The van der Waals surface area contributed by atoms with E-state index in [1.54, 1.807) is 0 Å². The highest BCUT2D eigenvalue weighted by molar-refractivity contribution is 5.95. The van der Waals surface area contributed by atoms with Gasteiger partial charge in [-0.2, -0.15) is 5.10 Å². The van der Waals surface area contributed by atoms with Crippen molar-refractivity contribution in [2.45, 2.75) is 57.5 Å². The number of H-pyrrole nitrogens is 1. The van der Waals surface area contributed by atoms with E-state index in [4.69, 9.17) is 0 Å². The van der Waals surface area contributed by atoms with Crippen LogP contribution in [-0.4, -0.2) is 31.8 Å². The molecule has 1 amide bonds. The smallest absolute Gasteiger partial charge is 0.227 e. The van der Waals surface area contributed by atoms with Crippen LogP contribution in [0.3, 0.4) is 0 Å². The number of aryl methyl sites for hydroxylation is 1. The normalized spacial score (nSPS) is 16.8. The Labute approximate surface area is 141 Å². The van der Waals surface area contributed by atoms with Gasteiger partial charge in [0.05, 0.1) is 17.7 Å². The molecule has 3 rings (SSSR count). The Morgan fingerprint density at radius 1 is 1.29 bits per heavy atom. The second kappa shape index (κ2) is 7.13. The van der Waals surface area contributed by atoms with Crippen LogP contribution >= 0.6 is 0 Å². The van der Waals surface area contributed by atoms with Crippen molar-refractivity contribution in [1.29, 1.82) is 0 Å². The van der Waals surface area contributed by atoms with Gasteiger partial charge in [0, 0.05) is 12.0 Å². The quantitative estimate of drug-likeness (QED) is 0.786. The van der Waals surface area contributed by atoms with Crippen molar-refractivity contribution in [3.05, 3.63) is 30.1 Å². The number of para-hydroxylation sites is 1. The molecule has 1 aromatic heterocycles. The molecule has 1 aliphatic rings. The third-order valence-corrected chi connectivity index (χ3v) is 4.58. The summed E-state index contributed by atoms with van der Waals surface area (Å²) in [5.41, 5.74) is 0.582. The molecule has 24 heavy (non-hydrogen) atoms. The summed E-state index contributed by atoms with van der Waals surface area (Å²) in [7, 11) is 0. The van der Waals surface area contributed by atoms with Crippen LogP contribution in [0.25, 0.3) is 11.4 Å². The fourth-order valence-corrected chi connectivity index (χ4v) is 3.24. The Kier molecular flexibility index (Phi) is 4.94. The fourth-order valence-electron chi connectivity index (χ4n) is 3.24. The van der Waals surface area contributed by atoms with E-state index in [-0.39, 0.29) is 12.3 Å². The Hall–Kier alpha value is -2.21. The molecule has 0 spiro atoms. The van der Waals surface area contributed by atoms with Gasteiger partial charge in [0.2, 0.25) is 5.91 Å². The number of aromatic nitrogens is 3. The number of benzene rings is 1. The molecule has 1 saturated carbocycles. The number of hydrogen-bond donors (Lipinski definition) is 3. The van der Waals surface area contributed by atoms with Gasteiger partial charge in [-0.25, -0.2) is 4.98 Å². The summed E-state index contributed by atoms with van der Waals surface area (Å²) in [5.74, 6) is 1.21. The lowest BCUT2D eigenvalue weighted by Crippen LogP contribution is -2.35. The first-order valence-corrected chi connectivity index (χ1v) is 8.62. The molecular formula is C18H24N4O2. The van der Waals surface area contributed by atoms with E-state index in [2.05, 4.69) is 20.5 Å². The second-order valence-corrected chi connectivity index (χ2v) is 6.51. The first-order valence-electron chi connectivity index (χ1n) is 8.62. The molecule has 1 fully saturated rings. The molecule has 128 valence electrons. The zero-order valence-corrected chi connectivity index (χ0v) is 14.0. The summed E-state index contributed by atoms with van der Waals surface area (Å²) in [6.07, 6.45) is 5.40. The Bertz CT molecular complexity index is 705. The van der Waals surface area contributed by atoms with E-state index in [0.29, 0.717) is 24.4 Å². The molecule has 0 radical (unpaired) electrons. The summed E-state index contributed by atoms with van der Waals surface area (Å²) in [5, 5.41) is 20.6. The van der Waals surface area contributed by atoms with Gasteiger partial charge in [0.15, 0.2) is 5.82 Å². The number of amides is 1. The summed E-state index contributed by atoms with van der Waals surface area (Å²) in [6.45, 7) is 2.00. The summed E-state index contributed by atoms with van der Waals surface area (Å²) in [6, 6.07) is 7.47. The van der Waals surface area contributed by atoms with Crippen LogP contribution in [0.15, 0.2) is 24.3 Å². The molecule has 2 aromatic rings. The maximum absolute atomic E-state index is 12.4. The lowest BCUT2D eigenvalue weighted by molar-refractivity contribution is -0.122. The van der Waals surface area contributed by atoms with Crippen LogP contribution < -0.4 is 5.32 Å². The average molecular weight is 328 g/mol. The zero-order chi connectivity index (χ0) is 17.0. The Morgan fingerprint density at radius 2 is 2.04 bits per heavy atom. The maximum Gasteiger partial charge on any atom is 0.227 e. The van der Waals surface area contributed by atoms with Crippen molar-refractivity contribution in [2.75, 3.05) is 5.32 Å². The molecule has 1 heterocycles. The van der Waals surface area contributed by atoms with Crippen LogP contribution in [0.5, 0.6) is 0 Å². The predicted molar refractivity (Wildman–Crippen MR) is 92.5 cm³/mol. The molecule has 0 unspecified atom stereocenters. The van der Waals surface area contributed by atoms with Crippen molar-refractivity contribution in [2.24, 2.45) is 0 Å². The highest BCUT2D eigenvalue weighted by Crippen LogP contribution is 2.32. The van der Waals surface area contributed by atoms with Crippen LogP contribution in [0.2, 0.25) is 0 Å². The van der Waals surface area contributed by atoms with Gasteiger partial charge < -0.3 is 10.4 Å². The second-order valence-electron chi connectivity index (χ2n) is 6.51. The van der Waals surface area contributed by atoms with Gasteiger partial charge in [-0.3, -0.25) is 9.89 Å². The lowest BCUT2D eigenvalue weighted by Gasteiger charge is -2.31. The number of nitrogens with zero attached hydrogens (tertiary/aromatic N) is 2. The Balaban J connectivity index is 1.74. The van der Waals surface area contributed by atoms with Crippen molar-refractivity contribution in [3.63, 3.8) is 0 Å². The minimum absolute atomic E-state index is 0.134. The van der Waals surface area contributed by atoms with Gasteiger partial charge in [-0.15, -0.1) is 0 Å². The van der Waals surface area contributed by atoms with Crippen molar-refractivity contribution < 1.29 is 9.90 Å². The van der Waals surface area contributed by atoms with E-state index in [9.17, 15) is 9.90 Å².